The second-order valence-corrected chi connectivity index (χ2v) is 6.98. The molecule has 0 bridgehead atoms. The minimum Gasteiger partial charge on any atom is -0.468 e. The molecular formula is C23H35NO4. The monoisotopic (exact) mass is 389 g/mol. The van der Waals surface area contributed by atoms with E-state index in [9.17, 15) is 9.59 Å². The zero-order valence-corrected chi connectivity index (χ0v) is 18.2. The molecule has 5 nitrogen and oxygen atoms in total. The van der Waals surface area contributed by atoms with Gasteiger partial charge >= 0.3 is 0 Å². The van der Waals surface area contributed by atoms with Crippen LogP contribution < -0.4 is 0 Å². The van der Waals surface area contributed by atoms with Crippen LogP contribution in [0.1, 0.15) is 74.3 Å². The quantitative estimate of drug-likeness (QED) is 0.475. The van der Waals surface area contributed by atoms with Crippen molar-refractivity contribution in [2.24, 2.45) is 5.92 Å². The van der Waals surface area contributed by atoms with Gasteiger partial charge in [-0.3, -0.25) is 9.59 Å². The normalized spacial score (nSPS) is 15.3. The van der Waals surface area contributed by atoms with E-state index < -0.39 is 0 Å². The molecule has 0 aliphatic carbocycles. The minimum atomic E-state index is 0.0878. The Labute approximate surface area is 169 Å². The summed E-state index contributed by atoms with van der Waals surface area (Å²) in [6, 6.07) is 0. The molecule has 156 valence electrons. The van der Waals surface area contributed by atoms with Crippen molar-refractivity contribution in [1.82, 2.24) is 4.57 Å². The molecule has 1 aromatic rings. The van der Waals surface area contributed by atoms with Crippen molar-refractivity contribution in [2.45, 2.75) is 60.8 Å². The maximum atomic E-state index is 13.1. The number of Topliss-reactive ketones (excluding diaryl/α,β-unsaturated/α-hetero) is 1. The lowest BCUT2D eigenvalue weighted by Gasteiger charge is -2.21. The molecule has 0 radical (unpaired) electrons. The predicted octanol–water partition coefficient (Wildman–Crippen LogP) is 5.20. The van der Waals surface area contributed by atoms with Crippen LogP contribution >= 0.6 is 0 Å². The Hall–Kier alpha value is -2.14. The van der Waals surface area contributed by atoms with Gasteiger partial charge in [0.25, 0.3) is 6.47 Å². The van der Waals surface area contributed by atoms with Gasteiger partial charge in [0.05, 0.1) is 12.3 Å². The molecule has 0 amide bonds. The largest absolute Gasteiger partial charge is 0.468 e. The number of carbonyl (C=O) groups excluding carboxylic acids is 2. The fraction of sp³-hybridized carbons (Fsp3) is 0.565. The molecule has 0 spiro atoms. The van der Waals surface area contributed by atoms with Gasteiger partial charge in [0.15, 0.2) is 5.78 Å². The zero-order chi connectivity index (χ0) is 21.1. The third kappa shape index (κ3) is 6.20. The Balaban J connectivity index is 0.000000696. The number of rotatable bonds is 7. The molecule has 5 heteroatoms. The van der Waals surface area contributed by atoms with E-state index >= 15 is 0 Å². The highest BCUT2D eigenvalue weighted by atomic mass is 16.5. The molecule has 1 aromatic heterocycles. The van der Waals surface area contributed by atoms with E-state index in [2.05, 4.69) is 43.1 Å². The lowest BCUT2D eigenvalue weighted by atomic mass is 9.92. The van der Waals surface area contributed by atoms with Gasteiger partial charge < -0.3 is 14.0 Å². The Morgan fingerprint density at radius 3 is 2.32 bits per heavy atom. The van der Waals surface area contributed by atoms with E-state index in [1.165, 1.54) is 11.1 Å². The average molecular weight is 390 g/mol. The number of aromatic nitrogens is 1. The molecule has 0 saturated carbocycles. The molecule has 0 unspecified atom stereocenters. The van der Waals surface area contributed by atoms with Crippen LogP contribution in [-0.2, 0) is 14.3 Å². The van der Waals surface area contributed by atoms with E-state index in [0.717, 1.165) is 36.2 Å². The van der Waals surface area contributed by atoms with Crippen molar-refractivity contribution < 1.29 is 19.1 Å². The van der Waals surface area contributed by atoms with Gasteiger partial charge in [0, 0.05) is 31.0 Å². The first-order chi connectivity index (χ1) is 13.4. The molecule has 1 saturated heterocycles. The Bertz CT molecular complexity index is 707. The third-order valence-electron chi connectivity index (χ3n) is 5.10. The standard InChI is InChI=1S/C20H29NO2.C3H6O2/c1-6-10-21-18(13-14(3)7-2)15(4)16(5)19(21)20(22)17-8-11-23-12-9-17;1-2-5-3-4/h6,10,13,17H,7-9,11-12H2,1-5H3;3H,2H2,1H3/b10-6-,14-13+;. The number of ketones is 1. The van der Waals surface area contributed by atoms with E-state index in [4.69, 9.17) is 4.74 Å². The Morgan fingerprint density at radius 1 is 1.21 bits per heavy atom. The Morgan fingerprint density at radius 2 is 1.86 bits per heavy atom. The summed E-state index contributed by atoms with van der Waals surface area (Å²) in [6.45, 7) is 14.5. The summed E-state index contributed by atoms with van der Waals surface area (Å²) in [5, 5.41) is 0. The highest BCUT2D eigenvalue weighted by Crippen LogP contribution is 2.29. The van der Waals surface area contributed by atoms with Crippen molar-refractivity contribution in [3.8, 4) is 0 Å². The van der Waals surface area contributed by atoms with Gasteiger partial charge in [-0.25, -0.2) is 0 Å². The van der Waals surface area contributed by atoms with E-state index in [-0.39, 0.29) is 11.7 Å². The van der Waals surface area contributed by atoms with Crippen LogP contribution in [0.5, 0.6) is 0 Å². The van der Waals surface area contributed by atoms with E-state index in [1.54, 1.807) is 6.92 Å². The lowest BCUT2D eigenvalue weighted by molar-refractivity contribution is -0.128. The maximum absolute atomic E-state index is 13.1. The van der Waals surface area contributed by atoms with Crippen LogP contribution in [0.25, 0.3) is 12.3 Å². The second kappa shape index (κ2) is 12.3. The summed E-state index contributed by atoms with van der Waals surface area (Å²) in [4.78, 5) is 22.3. The number of hydrogen-bond donors (Lipinski definition) is 0. The van der Waals surface area contributed by atoms with Crippen molar-refractivity contribution in [1.29, 1.82) is 0 Å². The number of carbonyl (C=O) groups is 2. The molecule has 1 fully saturated rings. The molecule has 0 aromatic carbocycles. The maximum Gasteiger partial charge on any atom is 0.293 e. The molecule has 0 N–H and O–H groups in total. The lowest BCUT2D eigenvalue weighted by Crippen LogP contribution is -2.25. The molecule has 28 heavy (non-hydrogen) atoms. The van der Waals surface area contributed by atoms with Crippen LogP contribution in [0, 0.1) is 19.8 Å². The van der Waals surface area contributed by atoms with Crippen molar-refractivity contribution in [3.05, 3.63) is 34.2 Å². The van der Waals surface area contributed by atoms with Crippen LogP contribution in [0.4, 0.5) is 0 Å². The third-order valence-corrected chi connectivity index (χ3v) is 5.10. The van der Waals surface area contributed by atoms with Crippen molar-refractivity contribution >= 4 is 24.5 Å². The highest BCUT2D eigenvalue weighted by Gasteiger charge is 2.28. The highest BCUT2D eigenvalue weighted by molar-refractivity contribution is 5.99. The topological polar surface area (TPSA) is 57.5 Å². The van der Waals surface area contributed by atoms with E-state index in [1.807, 2.05) is 19.2 Å². The van der Waals surface area contributed by atoms with Crippen molar-refractivity contribution in [3.63, 3.8) is 0 Å². The smallest absolute Gasteiger partial charge is 0.293 e. The zero-order valence-electron chi connectivity index (χ0n) is 18.2. The number of nitrogens with zero attached hydrogens (tertiary/aromatic N) is 1. The number of allylic oxidation sites excluding steroid dienone is 2. The van der Waals surface area contributed by atoms with Gasteiger partial charge in [0.1, 0.15) is 0 Å². The molecule has 1 aliphatic heterocycles. The minimum absolute atomic E-state index is 0.0878. The first-order valence-corrected chi connectivity index (χ1v) is 10.1. The predicted molar refractivity (Wildman–Crippen MR) is 114 cm³/mol. The molecule has 0 atom stereocenters. The number of hydrogen-bond acceptors (Lipinski definition) is 4. The van der Waals surface area contributed by atoms with E-state index in [0.29, 0.717) is 26.3 Å². The Kier molecular flexibility index (Phi) is 10.5. The first kappa shape index (κ1) is 23.9. The molecular weight excluding hydrogens is 354 g/mol. The van der Waals surface area contributed by atoms with Gasteiger partial charge in [-0.2, -0.15) is 0 Å². The fourth-order valence-corrected chi connectivity index (χ4v) is 3.19. The molecule has 2 rings (SSSR count). The fourth-order valence-electron chi connectivity index (χ4n) is 3.19. The van der Waals surface area contributed by atoms with Crippen LogP contribution in [0.15, 0.2) is 11.6 Å². The summed E-state index contributed by atoms with van der Waals surface area (Å²) in [5.41, 5.74) is 5.61. The first-order valence-electron chi connectivity index (χ1n) is 10.1. The molecule has 1 aliphatic rings. The SMILES string of the molecule is C/C=C\n1c(/C=C(\C)CC)c(C)c(C)c1C(=O)C1CCOCC1.CCOC=O. The van der Waals surface area contributed by atoms with Gasteiger partial charge in [-0.1, -0.05) is 18.6 Å². The second-order valence-electron chi connectivity index (χ2n) is 6.98. The van der Waals surface area contributed by atoms with Gasteiger partial charge in [0.2, 0.25) is 0 Å². The van der Waals surface area contributed by atoms with Gasteiger partial charge in [-0.15, -0.1) is 0 Å². The summed E-state index contributed by atoms with van der Waals surface area (Å²) in [7, 11) is 0. The summed E-state index contributed by atoms with van der Waals surface area (Å²) in [5.74, 6) is 0.352. The van der Waals surface area contributed by atoms with Gasteiger partial charge in [-0.05, 0) is 71.1 Å². The van der Waals surface area contributed by atoms with Crippen molar-refractivity contribution in [2.75, 3.05) is 19.8 Å². The summed E-state index contributed by atoms with van der Waals surface area (Å²) < 4.78 is 11.6. The van der Waals surface area contributed by atoms with Crippen LogP contribution in [0.3, 0.4) is 0 Å². The van der Waals surface area contributed by atoms with Crippen LogP contribution in [0.2, 0.25) is 0 Å². The average Bonchev–Trinajstić information content (AvgIpc) is 2.94. The number of ether oxygens (including phenoxy) is 2. The van der Waals surface area contributed by atoms with Crippen LogP contribution in [-0.4, -0.2) is 36.6 Å². The molecule has 2 heterocycles. The summed E-state index contributed by atoms with van der Waals surface area (Å²) in [6.07, 6.45) is 8.90. The summed E-state index contributed by atoms with van der Waals surface area (Å²) >= 11 is 0.